The highest BCUT2D eigenvalue weighted by atomic mass is 16.4. The Bertz CT molecular complexity index is 538. The highest BCUT2D eigenvalue weighted by molar-refractivity contribution is 5.71. The summed E-state index contributed by atoms with van der Waals surface area (Å²) < 4.78 is 1.93. The molecule has 1 aromatic carbocycles. The fourth-order valence-corrected chi connectivity index (χ4v) is 1.90. The first kappa shape index (κ1) is 11.5. The molecule has 0 atom stereocenters. The highest BCUT2D eigenvalue weighted by Crippen LogP contribution is 2.22. The van der Waals surface area contributed by atoms with E-state index in [1.54, 1.807) is 0 Å². The maximum Gasteiger partial charge on any atom is 0.309 e. The number of benzene rings is 1. The van der Waals surface area contributed by atoms with E-state index in [-0.39, 0.29) is 6.42 Å². The van der Waals surface area contributed by atoms with Crippen LogP contribution in [-0.2, 0) is 18.3 Å². The first-order valence-electron chi connectivity index (χ1n) is 5.51. The fraction of sp³-hybridized carbons (Fsp3) is 0.214. The third-order valence-corrected chi connectivity index (χ3v) is 2.91. The van der Waals surface area contributed by atoms with Crippen molar-refractivity contribution in [3.63, 3.8) is 0 Å². The summed E-state index contributed by atoms with van der Waals surface area (Å²) in [6.07, 6.45) is 0.0579. The van der Waals surface area contributed by atoms with E-state index in [9.17, 15) is 4.79 Å². The molecular weight excluding hydrogens is 214 g/mol. The van der Waals surface area contributed by atoms with E-state index < -0.39 is 5.97 Å². The predicted octanol–water partition coefficient (Wildman–Crippen LogP) is 2.63. The van der Waals surface area contributed by atoms with Crippen molar-refractivity contribution >= 4 is 5.97 Å². The Morgan fingerprint density at radius 2 is 1.82 bits per heavy atom. The van der Waals surface area contributed by atoms with Gasteiger partial charge in [-0.2, -0.15) is 0 Å². The summed E-state index contributed by atoms with van der Waals surface area (Å²) in [4.78, 5) is 10.7. The molecule has 1 aromatic heterocycles. The van der Waals surface area contributed by atoms with Crippen LogP contribution in [0.2, 0.25) is 0 Å². The summed E-state index contributed by atoms with van der Waals surface area (Å²) in [6, 6.07) is 12.0. The summed E-state index contributed by atoms with van der Waals surface area (Å²) in [7, 11) is 1.90. The maximum atomic E-state index is 10.7. The molecule has 0 aliphatic heterocycles. The molecule has 1 heterocycles. The van der Waals surface area contributed by atoms with Crippen LogP contribution < -0.4 is 0 Å². The van der Waals surface area contributed by atoms with Crippen LogP contribution in [0, 0.1) is 6.92 Å². The summed E-state index contributed by atoms with van der Waals surface area (Å²) >= 11 is 0. The molecule has 3 nitrogen and oxygen atoms in total. The number of rotatable bonds is 3. The molecule has 2 aromatic rings. The Labute approximate surface area is 100 Å². The predicted molar refractivity (Wildman–Crippen MR) is 66.9 cm³/mol. The van der Waals surface area contributed by atoms with Crippen LogP contribution >= 0.6 is 0 Å². The van der Waals surface area contributed by atoms with E-state index in [1.165, 1.54) is 5.56 Å². The van der Waals surface area contributed by atoms with Crippen LogP contribution in [0.15, 0.2) is 36.4 Å². The summed E-state index contributed by atoms with van der Waals surface area (Å²) in [5, 5.41) is 8.79. The van der Waals surface area contributed by atoms with E-state index in [2.05, 4.69) is 24.3 Å². The van der Waals surface area contributed by atoms with Gasteiger partial charge in [-0.15, -0.1) is 0 Å². The number of carboxylic acids is 1. The standard InChI is InChI=1S/C14H15NO2/c1-10-3-5-11(6-4-10)13-8-7-12(15(13)2)9-14(16)17/h3-8H,9H2,1-2H3,(H,16,17). The third kappa shape index (κ3) is 2.38. The number of hydrogen-bond acceptors (Lipinski definition) is 1. The molecule has 0 unspecified atom stereocenters. The van der Waals surface area contributed by atoms with E-state index in [0.717, 1.165) is 17.0 Å². The van der Waals surface area contributed by atoms with E-state index in [4.69, 9.17) is 5.11 Å². The van der Waals surface area contributed by atoms with E-state index in [1.807, 2.05) is 30.7 Å². The van der Waals surface area contributed by atoms with E-state index >= 15 is 0 Å². The molecule has 0 amide bonds. The molecule has 0 saturated carbocycles. The Hall–Kier alpha value is -2.03. The van der Waals surface area contributed by atoms with Crippen molar-refractivity contribution in [3.8, 4) is 11.3 Å². The van der Waals surface area contributed by atoms with Gasteiger partial charge in [0.25, 0.3) is 0 Å². The molecule has 0 fully saturated rings. The van der Waals surface area contributed by atoms with Crippen molar-refractivity contribution in [1.82, 2.24) is 4.57 Å². The van der Waals surface area contributed by atoms with Gasteiger partial charge in [0.1, 0.15) is 0 Å². The Kier molecular flexibility index (Phi) is 3.00. The Morgan fingerprint density at radius 3 is 2.41 bits per heavy atom. The van der Waals surface area contributed by atoms with Crippen LogP contribution in [0.4, 0.5) is 0 Å². The SMILES string of the molecule is Cc1ccc(-c2ccc(CC(=O)O)n2C)cc1. The molecule has 88 valence electrons. The minimum atomic E-state index is -0.804. The average molecular weight is 229 g/mol. The van der Waals surface area contributed by atoms with Crippen LogP contribution in [-0.4, -0.2) is 15.6 Å². The van der Waals surface area contributed by atoms with Crippen molar-refractivity contribution in [2.24, 2.45) is 7.05 Å². The molecule has 17 heavy (non-hydrogen) atoms. The zero-order chi connectivity index (χ0) is 12.4. The molecule has 0 aliphatic rings. The number of nitrogens with zero attached hydrogens (tertiary/aromatic N) is 1. The number of carbonyl (C=O) groups is 1. The zero-order valence-corrected chi connectivity index (χ0v) is 9.97. The largest absolute Gasteiger partial charge is 0.481 e. The van der Waals surface area contributed by atoms with Gasteiger partial charge in [0.15, 0.2) is 0 Å². The Balaban J connectivity index is 2.37. The molecule has 0 bridgehead atoms. The van der Waals surface area contributed by atoms with E-state index in [0.29, 0.717) is 0 Å². The van der Waals surface area contributed by atoms with Gasteiger partial charge in [-0.05, 0) is 24.6 Å². The zero-order valence-electron chi connectivity index (χ0n) is 9.97. The van der Waals surface area contributed by atoms with Crippen LogP contribution in [0.1, 0.15) is 11.3 Å². The minimum Gasteiger partial charge on any atom is -0.481 e. The normalized spacial score (nSPS) is 10.5. The van der Waals surface area contributed by atoms with Crippen LogP contribution in [0.5, 0.6) is 0 Å². The first-order valence-corrected chi connectivity index (χ1v) is 5.51. The number of aromatic nitrogens is 1. The lowest BCUT2D eigenvalue weighted by molar-refractivity contribution is -0.136. The quantitative estimate of drug-likeness (QED) is 0.879. The smallest absolute Gasteiger partial charge is 0.309 e. The van der Waals surface area contributed by atoms with Gasteiger partial charge in [-0.1, -0.05) is 29.8 Å². The van der Waals surface area contributed by atoms with Gasteiger partial charge in [-0.25, -0.2) is 0 Å². The highest BCUT2D eigenvalue weighted by Gasteiger charge is 2.09. The van der Waals surface area contributed by atoms with Crippen molar-refractivity contribution in [2.75, 3.05) is 0 Å². The van der Waals surface area contributed by atoms with Crippen molar-refractivity contribution in [3.05, 3.63) is 47.7 Å². The molecule has 2 rings (SSSR count). The molecule has 3 heteroatoms. The number of carboxylic acid groups (broad SMARTS) is 1. The molecule has 0 radical (unpaired) electrons. The van der Waals surface area contributed by atoms with Gasteiger partial charge >= 0.3 is 5.97 Å². The second kappa shape index (κ2) is 4.45. The summed E-state index contributed by atoms with van der Waals surface area (Å²) in [5.74, 6) is -0.804. The molecule has 0 aliphatic carbocycles. The number of hydrogen-bond donors (Lipinski definition) is 1. The van der Waals surface area contributed by atoms with Gasteiger partial charge in [0, 0.05) is 18.4 Å². The third-order valence-electron chi connectivity index (χ3n) is 2.91. The molecule has 1 N–H and O–H groups in total. The molecule has 0 spiro atoms. The van der Waals surface area contributed by atoms with Crippen molar-refractivity contribution in [2.45, 2.75) is 13.3 Å². The average Bonchev–Trinajstić information content (AvgIpc) is 2.61. The molecule has 0 saturated heterocycles. The van der Waals surface area contributed by atoms with Crippen molar-refractivity contribution < 1.29 is 9.90 Å². The fourth-order valence-electron chi connectivity index (χ4n) is 1.90. The maximum absolute atomic E-state index is 10.7. The van der Waals surface area contributed by atoms with Crippen LogP contribution in [0.3, 0.4) is 0 Å². The monoisotopic (exact) mass is 229 g/mol. The topological polar surface area (TPSA) is 42.2 Å². The Morgan fingerprint density at radius 1 is 1.18 bits per heavy atom. The van der Waals surface area contributed by atoms with Gasteiger partial charge in [0.2, 0.25) is 0 Å². The minimum absolute atomic E-state index is 0.0579. The number of aliphatic carboxylic acids is 1. The lowest BCUT2D eigenvalue weighted by Gasteiger charge is -2.07. The van der Waals surface area contributed by atoms with Gasteiger partial charge < -0.3 is 9.67 Å². The lowest BCUT2D eigenvalue weighted by atomic mass is 10.1. The number of aryl methyl sites for hydroxylation is 1. The first-order chi connectivity index (χ1) is 8.08. The second-order valence-corrected chi connectivity index (χ2v) is 4.21. The summed E-state index contributed by atoms with van der Waals surface area (Å²) in [6.45, 7) is 2.05. The molecular formula is C14H15NO2. The van der Waals surface area contributed by atoms with Gasteiger partial charge in [0.05, 0.1) is 6.42 Å². The summed E-state index contributed by atoms with van der Waals surface area (Å²) in [5.41, 5.74) is 4.18. The van der Waals surface area contributed by atoms with Crippen LogP contribution in [0.25, 0.3) is 11.3 Å². The lowest BCUT2D eigenvalue weighted by Crippen LogP contribution is -2.05. The second-order valence-electron chi connectivity index (χ2n) is 4.21. The van der Waals surface area contributed by atoms with Crippen molar-refractivity contribution in [1.29, 1.82) is 0 Å². The van der Waals surface area contributed by atoms with Gasteiger partial charge in [-0.3, -0.25) is 4.79 Å².